The van der Waals surface area contributed by atoms with Crippen LogP contribution in [0.25, 0.3) is 0 Å². The maximum absolute atomic E-state index is 12.4. The first-order chi connectivity index (χ1) is 10.8. The van der Waals surface area contributed by atoms with E-state index < -0.39 is 0 Å². The van der Waals surface area contributed by atoms with Gasteiger partial charge in [0, 0.05) is 31.5 Å². The minimum atomic E-state index is 0.0701. The van der Waals surface area contributed by atoms with Crippen LogP contribution in [0.2, 0.25) is 0 Å². The van der Waals surface area contributed by atoms with Crippen LogP contribution in [-0.2, 0) is 0 Å². The second-order valence-corrected chi connectivity index (χ2v) is 6.48. The fourth-order valence-electron chi connectivity index (χ4n) is 3.40. The monoisotopic (exact) mass is 302 g/mol. The van der Waals surface area contributed by atoms with Gasteiger partial charge >= 0.3 is 0 Å². The van der Waals surface area contributed by atoms with Crippen molar-refractivity contribution in [2.75, 3.05) is 18.4 Å². The number of carbonyl (C=O) groups excluding carboxylic acids is 1. The Kier molecular flexibility index (Phi) is 5.24. The van der Waals surface area contributed by atoms with E-state index in [0.29, 0.717) is 17.6 Å². The Labute approximate surface area is 132 Å². The summed E-state index contributed by atoms with van der Waals surface area (Å²) < 4.78 is 0. The van der Waals surface area contributed by atoms with Gasteiger partial charge in [-0.25, -0.2) is 9.97 Å². The van der Waals surface area contributed by atoms with E-state index >= 15 is 0 Å². The average Bonchev–Trinajstić information content (AvgIpc) is 2.84. The molecule has 1 aromatic heterocycles. The number of carbonyl (C=O) groups is 1. The fraction of sp³-hybridized carbons (Fsp3) is 0.706. The molecule has 0 bridgehead atoms. The van der Waals surface area contributed by atoms with Crippen LogP contribution in [0.1, 0.15) is 68.1 Å². The molecule has 0 aromatic carbocycles. The van der Waals surface area contributed by atoms with Gasteiger partial charge in [0.25, 0.3) is 5.91 Å². The predicted molar refractivity (Wildman–Crippen MR) is 86.9 cm³/mol. The molecule has 5 heteroatoms. The number of nitrogens with one attached hydrogen (secondary N) is 1. The lowest BCUT2D eigenvalue weighted by Gasteiger charge is -2.26. The fourth-order valence-corrected chi connectivity index (χ4v) is 3.40. The summed E-state index contributed by atoms with van der Waals surface area (Å²) >= 11 is 0. The van der Waals surface area contributed by atoms with Crippen LogP contribution in [0.15, 0.2) is 12.4 Å². The molecule has 0 unspecified atom stereocenters. The zero-order valence-electron chi connectivity index (χ0n) is 13.3. The lowest BCUT2D eigenvalue weighted by molar-refractivity contribution is 0.0723. The number of amides is 1. The highest BCUT2D eigenvalue weighted by Crippen LogP contribution is 2.20. The summed E-state index contributed by atoms with van der Waals surface area (Å²) in [4.78, 5) is 23.0. The quantitative estimate of drug-likeness (QED) is 0.871. The van der Waals surface area contributed by atoms with Crippen LogP contribution in [0, 0.1) is 0 Å². The van der Waals surface area contributed by atoms with E-state index in [1.807, 2.05) is 4.90 Å². The molecule has 22 heavy (non-hydrogen) atoms. The van der Waals surface area contributed by atoms with Gasteiger partial charge in [-0.1, -0.05) is 25.7 Å². The van der Waals surface area contributed by atoms with E-state index in [4.69, 9.17) is 0 Å². The van der Waals surface area contributed by atoms with Crippen molar-refractivity contribution >= 4 is 11.9 Å². The number of likely N-dealkylation sites (tertiary alicyclic amines) is 1. The smallest absolute Gasteiger partial charge is 0.256 e. The summed E-state index contributed by atoms with van der Waals surface area (Å²) in [7, 11) is 0. The maximum atomic E-state index is 12.4. The lowest BCUT2D eigenvalue weighted by Crippen LogP contribution is -2.35. The van der Waals surface area contributed by atoms with Crippen LogP contribution < -0.4 is 5.32 Å². The summed E-state index contributed by atoms with van der Waals surface area (Å²) in [6.07, 6.45) is 14.4. The SMILES string of the molecule is O=C(c1cnc(NC2CCCCCC2)nc1)N1CCCCC1. The zero-order chi connectivity index (χ0) is 15.2. The minimum absolute atomic E-state index is 0.0701. The summed E-state index contributed by atoms with van der Waals surface area (Å²) in [5, 5.41) is 3.42. The second kappa shape index (κ2) is 7.56. The first-order valence-electron chi connectivity index (χ1n) is 8.71. The summed E-state index contributed by atoms with van der Waals surface area (Å²) in [5.74, 6) is 0.725. The summed E-state index contributed by atoms with van der Waals surface area (Å²) in [5.41, 5.74) is 0.605. The second-order valence-electron chi connectivity index (χ2n) is 6.48. The van der Waals surface area contributed by atoms with Crippen molar-refractivity contribution < 1.29 is 4.79 Å². The van der Waals surface area contributed by atoms with Gasteiger partial charge < -0.3 is 10.2 Å². The van der Waals surface area contributed by atoms with Gasteiger partial charge in [-0.15, -0.1) is 0 Å². The predicted octanol–water partition coefficient (Wildman–Crippen LogP) is 3.24. The molecule has 5 nitrogen and oxygen atoms in total. The molecule has 1 aliphatic heterocycles. The van der Waals surface area contributed by atoms with Crippen LogP contribution >= 0.6 is 0 Å². The van der Waals surface area contributed by atoms with Crippen molar-refractivity contribution in [3.8, 4) is 0 Å². The summed E-state index contributed by atoms with van der Waals surface area (Å²) in [6, 6.07) is 0.478. The Bertz CT molecular complexity index is 474. The first-order valence-corrected chi connectivity index (χ1v) is 8.71. The number of aromatic nitrogens is 2. The summed E-state index contributed by atoms with van der Waals surface area (Å²) in [6.45, 7) is 1.72. The molecule has 0 atom stereocenters. The lowest BCUT2D eigenvalue weighted by atomic mass is 10.1. The van der Waals surface area contributed by atoms with E-state index in [2.05, 4.69) is 15.3 Å². The van der Waals surface area contributed by atoms with Gasteiger partial charge in [0.2, 0.25) is 5.95 Å². The number of hydrogen-bond acceptors (Lipinski definition) is 4. The van der Waals surface area contributed by atoms with Gasteiger partial charge in [0.1, 0.15) is 0 Å². The molecule has 120 valence electrons. The van der Waals surface area contributed by atoms with Gasteiger partial charge in [0.05, 0.1) is 5.56 Å². The van der Waals surface area contributed by atoms with Gasteiger partial charge in [-0.2, -0.15) is 0 Å². The van der Waals surface area contributed by atoms with E-state index in [9.17, 15) is 4.79 Å². The van der Waals surface area contributed by atoms with Crippen molar-refractivity contribution in [3.05, 3.63) is 18.0 Å². The van der Waals surface area contributed by atoms with Gasteiger partial charge in [-0.3, -0.25) is 4.79 Å². The van der Waals surface area contributed by atoms with Crippen LogP contribution in [0.5, 0.6) is 0 Å². The topological polar surface area (TPSA) is 58.1 Å². The Morgan fingerprint density at radius 3 is 2.18 bits per heavy atom. The number of piperidine rings is 1. The van der Waals surface area contributed by atoms with Gasteiger partial charge in [-0.05, 0) is 32.1 Å². The molecule has 1 saturated carbocycles. The molecule has 1 aromatic rings. The molecule has 3 rings (SSSR count). The average molecular weight is 302 g/mol. The molecule has 2 fully saturated rings. The van der Waals surface area contributed by atoms with E-state index in [0.717, 1.165) is 25.9 Å². The number of rotatable bonds is 3. The largest absolute Gasteiger partial charge is 0.351 e. The third-order valence-corrected chi connectivity index (χ3v) is 4.73. The molecule has 1 amide bonds. The highest BCUT2D eigenvalue weighted by Gasteiger charge is 2.19. The minimum Gasteiger partial charge on any atom is -0.351 e. The van der Waals surface area contributed by atoms with Crippen molar-refractivity contribution in [1.29, 1.82) is 0 Å². The Morgan fingerprint density at radius 1 is 0.955 bits per heavy atom. The normalized spacial score (nSPS) is 20.5. The molecular weight excluding hydrogens is 276 g/mol. The van der Waals surface area contributed by atoms with Crippen molar-refractivity contribution in [2.24, 2.45) is 0 Å². The van der Waals surface area contributed by atoms with Crippen LogP contribution in [-0.4, -0.2) is 39.9 Å². The standard InChI is InChI=1S/C17H26N4O/c22-16(21-10-6-3-7-11-21)14-12-18-17(19-13-14)20-15-8-4-1-2-5-9-15/h12-13,15H,1-11H2,(H,18,19,20). The van der Waals surface area contributed by atoms with Crippen molar-refractivity contribution in [1.82, 2.24) is 14.9 Å². The molecule has 1 N–H and O–H groups in total. The molecule has 1 saturated heterocycles. The van der Waals surface area contributed by atoms with Crippen LogP contribution in [0.3, 0.4) is 0 Å². The zero-order valence-corrected chi connectivity index (χ0v) is 13.3. The van der Waals surface area contributed by atoms with Gasteiger partial charge in [0.15, 0.2) is 0 Å². The maximum Gasteiger partial charge on any atom is 0.256 e. The van der Waals surface area contributed by atoms with Crippen molar-refractivity contribution in [2.45, 2.75) is 63.8 Å². The molecule has 1 aliphatic carbocycles. The number of anilines is 1. The molecule has 2 aliphatic rings. The third-order valence-electron chi connectivity index (χ3n) is 4.73. The highest BCUT2D eigenvalue weighted by atomic mass is 16.2. The van der Waals surface area contributed by atoms with E-state index in [1.54, 1.807) is 12.4 Å². The Hall–Kier alpha value is -1.65. The van der Waals surface area contributed by atoms with E-state index in [1.165, 1.54) is 44.9 Å². The number of hydrogen-bond donors (Lipinski definition) is 1. The number of nitrogens with zero attached hydrogens (tertiary/aromatic N) is 3. The molecule has 0 spiro atoms. The Balaban J connectivity index is 1.58. The highest BCUT2D eigenvalue weighted by molar-refractivity contribution is 5.93. The van der Waals surface area contributed by atoms with Crippen LogP contribution in [0.4, 0.5) is 5.95 Å². The Morgan fingerprint density at radius 2 is 1.55 bits per heavy atom. The van der Waals surface area contributed by atoms with E-state index in [-0.39, 0.29) is 5.91 Å². The molecular formula is C17H26N4O. The van der Waals surface area contributed by atoms with Crippen molar-refractivity contribution in [3.63, 3.8) is 0 Å². The molecule has 0 radical (unpaired) electrons. The first kappa shape index (κ1) is 15.3. The third kappa shape index (κ3) is 3.96. The molecule has 2 heterocycles.